The molecule has 0 radical (unpaired) electrons. The van der Waals surface area contributed by atoms with Crippen molar-refractivity contribution in [3.63, 3.8) is 0 Å². The molecule has 0 bridgehead atoms. The van der Waals surface area contributed by atoms with Crippen LogP contribution in [0.5, 0.6) is 5.75 Å². The number of esters is 1. The molecule has 0 fully saturated rings. The van der Waals surface area contributed by atoms with Gasteiger partial charge in [-0.05, 0) is 67.3 Å². The Morgan fingerprint density at radius 3 is 1.60 bits per heavy atom. The van der Waals surface area contributed by atoms with Gasteiger partial charge < -0.3 is 9.47 Å². The van der Waals surface area contributed by atoms with Crippen LogP contribution in [0.25, 0.3) is 0 Å². The lowest BCUT2D eigenvalue weighted by Crippen LogP contribution is -2.70. The van der Waals surface area contributed by atoms with Crippen LogP contribution < -0.4 is 4.74 Å². The number of hydrogen-bond acceptors (Lipinski definition) is 3. The third-order valence-electron chi connectivity index (χ3n) is 8.37. The van der Waals surface area contributed by atoms with E-state index in [2.05, 4.69) is 4.74 Å². The molecule has 1 aromatic carbocycles. The highest BCUT2D eigenvalue weighted by atomic mass is 19.4. The Labute approximate surface area is 252 Å². The lowest BCUT2D eigenvalue weighted by atomic mass is 9.66. The van der Waals surface area contributed by atoms with Gasteiger partial charge in [-0.2, -0.15) is 57.1 Å². The van der Waals surface area contributed by atoms with Gasteiger partial charge in [0.25, 0.3) is 0 Å². The summed E-state index contributed by atoms with van der Waals surface area (Å²) in [5.74, 6) is -33.2. The van der Waals surface area contributed by atoms with Gasteiger partial charge >= 0.3 is 41.9 Å². The SMILES string of the molecule is CCC(C)C(C)(CC(C)(C)CC)C(=O)OCCc1c(C)cc(OC(F)(F)C(F)(F)C(F)(F)C(F)(F)C(F)(F)C(F)(F)F)cc1C. The Bertz CT molecular complexity index is 1170. The van der Waals surface area contributed by atoms with Crippen LogP contribution in [0.1, 0.15) is 77.5 Å². The average molecular weight is 681 g/mol. The molecule has 16 heteroatoms. The summed E-state index contributed by atoms with van der Waals surface area (Å²) < 4.78 is 183. The molecule has 1 aromatic rings. The number of hydrogen-bond donors (Lipinski definition) is 0. The Hall–Kier alpha value is -2.42. The number of rotatable bonds is 15. The maximum atomic E-state index is 14.2. The maximum Gasteiger partial charge on any atom is 0.471 e. The van der Waals surface area contributed by atoms with Crippen molar-refractivity contribution in [3.05, 3.63) is 28.8 Å². The summed E-state index contributed by atoms with van der Waals surface area (Å²) >= 11 is 0. The Balaban J connectivity index is 3.25. The fourth-order valence-electron chi connectivity index (χ4n) is 4.80. The highest BCUT2D eigenvalue weighted by Gasteiger charge is 2.91. The van der Waals surface area contributed by atoms with Crippen molar-refractivity contribution in [2.24, 2.45) is 16.7 Å². The van der Waals surface area contributed by atoms with Gasteiger partial charge in [-0.1, -0.05) is 47.5 Å². The average Bonchev–Trinajstić information content (AvgIpc) is 2.87. The molecule has 3 nitrogen and oxygen atoms in total. The third-order valence-corrected chi connectivity index (χ3v) is 8.37. The molecule has 0 N–H and O–H groups in total. The molecule has 1 rings (SSSR count). The zero-order valence-corrected chi connectivity index (χ0v) is 25.9. The first kappa shape index (κ1) is 40.6. The van der Waals surface area contributed by atoms with E-state index in [4.69, 9.17) is 4.74 Å². The molecule has 262 valence electrons. The molecular weight excluding hydrogens is 643 g/mol. The van der Waals surface area contributed by atoms with Gasteiger partial charge in [0.2, 0.25) is 0 Å². The van der Waals surface area contributed by atoms with Crippen molar-refractivity contribution in [2.45, 2.75) is 117 Å². The van der Waals surface area contributed by atoms with Crippen molar-refractivity contribution >= 4 is 5.97 Å². The summed E-state index contributed by atoms with van der Waals surface area (Å²) in [6.45, 7) is 13.8. The Morgan fingerprint density at radius 1 is 0.756 bits per heavy atom. The normalized spacial score (nSPS) is 16.3. The van der Waals surface area contributed by atoms with E-state index in [1.165, 1.54) is 13.8 Å². The van der Waals surface area contributed by atoms with Crippen LogP contribution in [0.15, 0.2) is 12.1 Å². The third kappa shape index (κ3) is 7.60. The van der Waals surface area contributed by atoms with Gasteiger partial charge in [-0.25, -0.2) is 0 Å². The van der Waals surface area contributed by atoms with E-state index in [1.807, 2.05) is 34.6 Å². The highest BCUT2D eigenvalue weighted by molar-refractivity contribution is 5.77. The van der Waals surface area contributed by atoms with Crippen LogP contribution in [-0.4, -0.2) is 48.6 Å². The minimum Gasteiger partial charge on any atom is -0.465 e. The molecule has 0 aliphatic rings. The van der Waals surface area contributed by atoms with Gasteiger partial charge in [0.15, 0.2) is 0 Å². The minimum absolute atomic E-state index is 0.00216. The monoisotopic (exact) mass is 680 g/mol. The van der Waals surface area contributed by atoms with Crippen molar-refractivity contribution < 1.29 is 71.3 Å². The zero-order valence-electron chi connectivity index (χ0n) is 25.9. The maximum absolute atomic E-state index is 14.2. The van der Waals surface area contributed by atoms with Crippen molar-refractivity contribution in [2.75, 3.05) is 6.61 Å². The first-order chi connectivity index (χ1) is 19.9. The lowest BCUT2D eigenvalue weighted by molar-refractivity contribution is -0.456. The zero-order chi connectivity index (χ0) is 35.8. The number of carbonyl (C=O) groups is 1. The Morgan fingerprint density at radius 2 is 1.20 bits per heavy atom. The molecule has 0 spiro atoms. The molecule has 0 aliphatic heterocycles. The van der Waals surface area contributed by atoms with E-state index in [0.29, 0.717) is 30.5 Å². The van der Waals surface area contributed by atoms with Gasteiger partial charge in [0.1, 0.15) is 5.75 Å². The lowest BCUT2D eigenvalue weighted by Gasteiger charge is -2.39. The number of ether oxygens (including phenoxy) is 2. The summed E-state index contributed by atoms with van der Waals surface area (Å²) in [7, 11) is 0. The molecule has 0 saturated heterocycles. The molecule has 0 heterocycles. The highest BCUT2D eigenvalue weighted by Crippen LogP contribution is 2.60. The summed E-state index contributed by atoms with van der Waals surface area (Å²) in [5, 5.41) is 0. The molecular formula is C29H37F13O3. The van der Waals surface area contributed by atoms with Crippen LogP contribution in [0, 0.1) is 30.6 Å². The van der Waals surface area contributed by atoms with Crippen LogP contribution in [0.2, 0.25) is 0 Å². The number of halogens is 13. The van der Waals surface area contributed by atoms with Gasteiger partial charge in [-0.3, -0.25) is 4.79 Å². The van der Waals surface area contributed by atoms with E-state index < -0.39 is 53.1 Å². The molecule has 0 amide bonds. The summed E-state index contributed by atoms with van der Waals surface area (Å²) in [5.41, 5.74) is -0.755. The predicted octanol–water partition coefficient (Wildman–Crippen LogP) is 10.3. The summed E-state index contributed by atoms with van der Waals surface area (Å²) in [6, 6.07) is 1.20. The fourth-order valence-corrected chi connectivity index (χ4v) is 4.80. The van der Waals surface area contributed by atoms with Crippen molar-refractivity contribution in [1.29, 1.82) is 0 Å². The largest absolute Gasteiger partial charge is 0.471 e. The molecule has 2 atom stereocenters. The molecule has 0 saturated carbocycles. The molecule has 0 aromatic heterocycles. The van der Waals surface area contributed by atoms with Gasteiger partial charge in [0, 0.05) is 6.42 Å². The second-order valence-corrected chi connectivity index (χ2v) is 12.3. The molecule has 45 heavy (non-hydrogen) atoms. The first-order valence-corrected chi connectivity index (χ1v) is 13.8. The van der Waals surface area contributed by atoms with Crippen LogP contribution in [-0.2, 0) is 16.0 Å². The number of aryl methyl sites for hydroxylation is 2. The molecule has 2 unspecified atom stereocenters. The standard InChI is InChI=1S/C29H37F13O3/c1-9-18(5)23(8,15-22(6,7)10-2)21(43)44-12-11-20-16(3)13-19(14-17(20)4)45-29(41,42)27(36,37)25(32,33)24(30,31)26(34,35)28(38,39)40/h13-14,18H,9-12,15H2,1-8H3. The molecule has 0 aliphatic carbocycles. The predicted molar refractivity (Wildman–Crippen MR) is 138 cm³/mol. The fraction of sp³-hybridized carbons (Fsp3) is 0.759. The van der Waals surface area contributed by atoms with Crippen LogP contribution in [0.3, 0.4) is 0 Å². The van der Waals surface area contributed by atoms with E-state index in [-0.39, 0.29) is 35.5 Å². The quantitative estimate of drug-likeness (QED) is 0.137. The second kappa shape index (κ2) is 13.0. The summed E-state index contributed by atoms with van der Waals surface area (Å²) in [4.78, 5) is 13.2. The number of alkyl halides is 13. The second-order valence-electron chi connectivity index (χ2n) is 12.3. The van der Waals surface area contributed by atoms with Crippen molar-refractivity contribution in [1.82, 2.24) is 0 Å². The minimum atomic E-state index is -8.01. The number of carbonyl (C=O) groups excluding carboxylic acids is 1. The van der Waals surface area contributed by atoms with Crippen LogP contribution >= 0.6 is 0 Å². The van der Waals surface area contributed by atoms with E-state index in [1.54, 1.807) is 6.92 Å². The van der Waals surface area contributed by atoms with Crippen LogP contribution in [0.4, 0.5) is 57.1 Å². The smallest absolute Gasteiger partial charge is 0.465 e. The topological polar surface area (TPSA) is 35.5 Å². The summed E-state index contributed by atoms with van der Waals surface area (Å²) in [6.07, 6.45) is -12.3. The van der Waals surface area contributed by atoms with Gasteiger partial charge in [0.05, 0.1) is 12.0 Å². The Kier molecular flexibility index (Phi) is 11.7. The van der Waals surface area contributed by atoms with Gasteiger partial charge in [-0.15, -0.1) is 0 Å². The van der Waals surface area contributed by atoms with Crippen molar-refractivity contribution in [3.8, 4) is 5.75 Å². The first-order valence-electron chi connectivity index (χ1n) is 13.8. The van der Waals surface area contributed by atoms with E-state index >= 15 is 0 Å². The number of benzene rings is 1. The van der Waals surface area contributed by atoms with E-state index in [0.717, 1.165) is 6.42 Å². The van der Waals surface area contributed by atoms with E-state index in [9.17, 15) is 61.9 Å².